The van der Waals surface area contributed by atoms with E-state index in [-0.39, 0.29) is 11.4 Å². The molecule has 0 saturated carbocycles. The van der Waals surface area contributed by atoms with Crippen LogP contribution in [0.15, 0.2) is 42.7 Å². The number of aryl methyl sites for hydroxylation is 1. The SMILES string of the molecule is Cc1cc(C(F)(F)F)nc2sc3c(ncn4nc(COc5ccccc5)nc34)c12. The van der Waals surface area contributed by atoms with Gasteiger partial charge in [-0.1, -0.05) is 18.2 Å². The Bertz CT molecular complexity index is 1360. The lowest BCUT2D eigenvalue weighted by Crippen LogP contribution is -2.07. The Morgan fingerprint density at radius 1 is 1.14 bits per heavy atom. The van der Waals surface area contributed by atoms with Gasteiger partial charge < -0.3 is 4.74 Å². The van der Waals surface area contributed by atoms with Crippen LogP contribution in [-0.2, 0) is 12.8 Å². The van der Waals surface area contributed by atoms with Crippen molar-refractivity contribution in [1.29, 1.82) is 0 Å². The number of pyridine rings is 1. The molecule has 10 heteroatoms. The first kappa shape index (κ1) is 17.8. The summed E-state index contributed by atoms with van der Waals surface area (Å²) in [5.41, 5.74) is 0.637. The summed E-state index contributed by atoms with van der Waals surface area (Å²) >= 11 is 1.13. The zero-order valence-corrected chi connectivity index (χ0v) is 15.8. The number of rotatable bonds is 3. The number of alkyl halides is 3. The molecule has 5 rings (SSSR count). The molecule has 0 amide bonds. The second-order valence-electron chi connectivity index (χ2n) is 6.42. The van der Waals surface area contributed by atoms with Crippen LogP contribution in [0.4, 0.5) is 13.2 Å². The normalized spacial score (nSPS) is 12.3. The smallest absolute Gasteiger partial charge is 0.433 e. The van der Waals surface area contributed by atoms with Gasteiger partial charge >= 0.3 is 6.18 Å². The highest BCUT2D eigenvalue weighted by molar-refractivity contribution is 7.26. The summed E-state index contributed by atoms with van der Waals surface area (Å²) in [4.78, 5) is 13.0. The van der Waals surface area contributed by atoms with Crippen LogP contribution in [0.1, 0.15) is 17.1 Å². The van der Waals surface area contributed by atoms with Gasteiger partial charge in [0.15, 0.2) is 11.5 Å². The minimum Gasteiger partial charge on any atom is -0.486 e. The van der Waals surface area contributed by atoms with Crippen molar-refractivity contribution in [1.82, 2.24) is 24.6 Å². The van der Waals surface area contributed by atoms with Crippen molar-refractivity contribution in [3.63, 3.8) is 0 Å². The van der Waals surface area contributed by atoms with Gasteiger partial charge in [0.1, 0.15) is 33.9 Å². The second kappa shape index (κ2) is 6.38. The Morgan fingerprint density at radius 3 is 2.69 bits per heavy atom. The molecule has 0 atom stereocenters. The van der Waals surface area contributed by atoms with E-state index in [0.717, 1.165) is 17.4 Å². The van der Waals surface area contributed by atoms with E-state index in [4.69, 9.17) is 4.74 Å². The number of nitrogens with zero attached hydrogens (tertiary/aromatic N) is 5. The zero-order chi connectivity index (χ0) is 20.2. The maximum absolute atomic E-state index is 13.1. The average molecular weight is 415 g/mol. The lowest BCUT2D eigenvalue weighted by atomic mass is 10.1. The zero-order valence-electron chi connectivity index (χ0n) is 14.9. The summed E-state index contributed by atoms with van der Waals surface area (Å²) in [7, 11) is 0. The van der Waals surface area contributed by atoms with Gasteiger partial charge in [-0.15, -0.1) is 16.4 Å². The molecular weight excluding hydrogens is 403 g/mol. The lowest BCUT2D eigenvalue weighted by molar-refractivity contribution is -0.141. The van der Waals surface area contributed by atoms with Gasteiger partial charge in [0, 0.05) is 5.39 Å². The van der Waals surface area contributed by atoms with Crippen LogP contribution in [0.5, 0.6) is 5.75 Å². The van der Waals surface area contributed by atoms with Crippen molar-refractivity contribution < 1.29 is 17.9 Å². The van der Waals surface area contributed by atoms with Crippen molar-refractivity contribution in [2.75, 3.05) is 0 Å². The third kappa shape index (κ3) is 3.05. The van der Waals surface area contributed by atoms with Gasteiger partial charge in [-0.2, -0.15) is 13.2 Å². The van der Waals surface area contributed by atoms with Crippen molar-refractivity contribution in [2.45, 2.75) is 19.7 Å². The summed E-state index contributed by atoms with van der Waals surface area (Å²) in [6.45, 7) is 1.79. The Labute approximate surface area is 165 Å². The molecule has 0 saturated heterocycles. The number of fused-ring (bicyclic) bond motifs is 5. The summed E-state index contributed by atoms with van der Waals surface area (Å²) in [6.07, 6.45) is -3.01. The molecule has 0 bridgehead atoms. The molecule has 29 heavy (non-hydrogen) atoms. The topological polar surface area (TPSA) is 65.2 Å². The number of ether oxygens (including phenoxy) is 1. The largest absolute Gasteiger partial charge is 0.486 e. The van der Waals surface area contributed by atoms with E-state index in [9.17, 15) is 13.2 Å². The van der Waals surface area contributed by atoms with E-state index in [1.165, 1.54) is 10.8 Å². The van der Waals surface area contributed by atoms with Crippen LogP contribution in [0.3, 0.4) is 0 Å². The molecule has 0 aliphatic carbocycles. The van der Waals surface area contributed by atoms with Crippen LogP contribution in [0.25, 0.3) is 26.1 Å². The van der Waals surface area contributed by atoms with Gasteiger partial charge in [0.05, 0.1) is 5.52 Å². The molecule has 0 aliphatic rings. The third-order valence-electron chi connectivity index (χ3n) is 4.41. The third-order valence-corrected chi connectivity index (χ3v) is 5.48. The molecule has 1 aromatic carbocycles. The molecule has 4 heterocycles. The number of benzene rings is 1. The van der Waals surface area contributed by atoms with Crippen LogP contribution in [0, 0.1) is 6.92 Å². The summed E-state index contributed by atoms with van der Waals surface area (Å²) < 4.78 is 47.2. The van der Waals surface area contributed by atoms with Crippen molar-refractivity contribution in [3.8, 4) is 5.75 Å². The van der Waals surface area contributed by atoms with Crippen LogP contribution in [-0.4, -0.2) is 24.6 Å². The van der Waals surface area contributed by atoms with Crippen molar-refractivity contribution in [2.24, 2.45) is 0 Å². The number of hydrogen-bond donors (Lipinski definition) is 0. The second-order valence-corrected chi connectivity index (χ2v) is 7.42. The molecular formula is C19H12F3N5OS. The Hall–Kier alpha value is -3.27. The first-order valence-corrected chi connectivity index (χ1v) is 9.41. The van der Waals surface area contributed by atoms with Gasteiger partial charge in [0.2, 0.25) is 0 Å². The maximum atomic E-state index is 13.1. The number of hydrogen-bond acceptors (Lipinski definition) is 6. The van der Waals surface area contributed by atoms with Gasteiger partial charge in [-0.3, -0.25) is 0 Å². The van der Waals surface area contributed by atoms with Crippen molar-refractivity contribution in [3.05, 3.63) is 59.8 Å². The molecule has 146 valence electrons. The predicted molar refractivity (Wildman–Crippen MR) is 102 cm³/mol. The average Bonchev–Trinajstić information content (AvgIpc) is 3.27. The fourth-order valence-electron chi connectivity index (χ4n) is 3.12. The highest BCUT2D eigenvalue weighted by atomic mass is 32.1. The molecule has 0 fully saturated rings. The quantitative estimate of drug-likeness (QED) is 0.424. The molecule has 0 aliphatic heterocycles. The highest BCUT2D eigenvalue weighted by Crippen LogP contribution is 2.38. The maximum Gasteiger partial charge on any atom is 0.433 e. The van der Waals surface area contributed by atoms with Crippen LogP contribution >= 0.6 is 11.3 Å². The van der Waals surface area contributed by atoms with E-state index in [2.05, 4.69) is 20.1 Å². The van der Waals surface area contributed by atoms with Crippen LogP contribution < -0.4 is 4.74 Å². The Kier molecular flexibility index (Phi) is 3.91. The fourth-order valence-corrected chi connectivity index (χ4v) is 4.30. The van der Waals surface area contributed by atoms with E-state index in [1.807, 2.05) is 30.3 Å². The Balaban J connectivity index is 1.61. The number of halogens is 3. The lowest BCUT2D eigenvalue weighted by Gasteiger charge is -2.06. The van der Waals surface area contributed by atoms with Gasteiger partial charge in [-0.25, -0.2) is 19.5 Å². The van der Waals surface area contributed by atoms with E-state index in [1.54, 1.807) is 6.92 Å². The highest BCUT2D eigenvalue weighted by Gasteiger charge is 2.33. The molecule has 0 spiro atoms. The van der Waals surface area contributed by atoms with E-state index in [0.29, 0.717) is 38.4 Å². The van der Waals surface area contributed by atoms with Gasteiger partial charge in [0.25, 0.3) is 0 Å². The monoisotopic (exact) mass is 415 g/mol. The molecule has 6 nitrogen and oxygen atoms in total. The summed E-state index contributed by atoms with van der Waals surface area (Å²) in [6, 6.07) is 10.3. The number of para-hydroxylation sites is 1. The predicted octanol–water partition coefficient (Wildman–Crippen LogP) is 4.79. The first-order valence-electron chi connectivity index (χ1n) is 8.59. The minimum absolute atomic E-state index is 0.160. The Morgan fingerprint density at radius 2 is 1.93 bits per heavy atom. The first-order chi connectivity index (χ1) is 13.9. The minimum atomic E-state index is -4.51. The summed E-state index contributed by atoms with van der Waals surface area (Å²) in [5.74, 6) is 1.14. The molecule has 0 radical (unpaired) electrons. The van der Waals surface area contributed by atoms with Gasteiger partial charge in [-0.05, 0) is 30.7 Å². The van der Waals surface area contributed by atoms with Crippen molar-refractivity contribution >= 4 is 37.4 Å². The fraction of sp³-hybridized carbons (Fsp3) is 0.158. The van der Waals surface area contributed by atoms with E-state index < -0.39 is 11.9 Å². The number of thiophene rings is 1. The van der Waals surface area contributed by atoms with Crippen LogP contribution in [0.2, 0.25) is 0 Å². The molecule has 0 unspecified atom stereocenters. The standard InChI is InChI=1S/C19H12F3N5OS/c1-10-7-12(19(20,21)22)24-18-14(10)15-16(29-18)17-25-13(26-27(17)9-23-15)8-28-11-5-3-2-4-6-11/h2-7,9H,8H2,1H3. The molecule has 5 aromatic rings. The molecule has 0 N–H and O–H groups in total. The molecule has 4 aromatic heterocycles. The number of aromatic nitrogens is 5. The summed E-state index contributed by atoms with van der Waals surface area (Å²) in [5, 5.41) is 4.95. The van der Waals surface area contributed by atoms with E-state index >= 15 is 0 Å².